The summed E-state index contributed by atoms with van der Waals surface area (Å²) in [5.74, 6) is -3.56. The van der Waals surface area contributed by atoms with Gasteiger partial charge in [-0.3, -0.25) is 0 Å². The quantitative estimate of drug-likeness (QED) is 0.917. The summed E-state index contributed by atoms with van der Waals surface area (Å²) in [6.07, 6.45) is 0. The molecule has 0 aliphatic heterocycles. The molecule has 0 radical (unpaired) electrons. The van der Waals surface area contributed by atoms with Crippen molar-refractivity contribution < 1.29 is 23.4 Å². The van der Waals surface area contributed by atoms with Gasteiger partial charge in [-0.15, -0.1) is 0 Å². The molecule has 0 amide bonds. The third kappa shape index (κ3) is 2.90. The van der Waals surface area contributed by atoms with E-state index in [1.807, 2.05) is 0 Å². The summed E-state index contributed by atoms with van der Waals surface area (Å²) in [4.78, 5) is 11.0. The molecule has 0 aromatic heterocycles. The van der Waals surface area contributed by atoms with Gasteiger partial charge < -0.3 is 9.84 Å². The van der Waals surface area contributed by atoms with E-state index in [-0.39, 0.29) is 11.5 Å². The van der Waals surface area contributed by atoms with Gasteiger partial charge in [0.1, 0.15) is 17.1 Å². The first-order valence-corrected chi connectivity index (χ1v) is 5.93. The number of carboxylic acids is 1. The highest BCUT2D eigenvalue weighted by Crippen LogP contribution is 2.30. The van der Waals surface area contributed by atoms with Crippen LogP contribution in [0.2, 0.25) is 0 Å². The summed E-state index contributed by atoms with van der Waals surface area (Å²) < 4.78 is 32.6. The summed E-state index contributed by atoms with van der Waals surface area (Å²) in [6.45, 7) is 0. The zero-order valence-corrected chi connectivity index (χ0v) is 10.9. The molecule has 2 aromatic rings. The summed E-state index contributed by atoms with van der Waals surface area (Å²) >= 11 is 3.13. The fraction of sp³-hybridized carbons (Fsp3) is 0. The minimum absolute atomic E-state index is 0.192. The zero-order chi connectivity index (χ0) is 14.0. The number of hydrogen-bond donors (Lipinski definition) is 1. The van der Waals surface area contributed by atoms with Crippen molar-refractivity contribution in [3.8, 4) is 11.5 Å². The van der Waals surface area contributed by atoms with E-state index in [0.29, 0.717) is 4.47 Å². The first-order chi connectivity index (χ1) is 8.99. The Hall–Kier alpha value is -1.95. The predicted octanol–water partition coefficient (Wildman–Crippen LogP) is 4.22. The van der Waals surface area contributed by atoms with E-state index in [0.717, 1.165) is 12.1 Å². The second-order valence-corrected chi connectivity index (χ2v) is 4.51. The Bertz CT molecular complexity index is 644. The SMILES string of the molecule is O=C(O)c1c(F)cccc1Oc1cc(Br)ccc1F. The van der Waals surface area contributed by atoms with Gasteiger partial charge in [-0.2, -0.15) is 0 Å². The second-order valence-electron chi connectivity index (χ2n) is 3.59. The molecule has 3 nitrogen and oxygen atoms in total. The van der Waals surface area contributed by atoms with Crippen LogP contribution < -0.4 is 4.74 Å². The molecule has 6 heteroatoms. The smallest absolute Gasteiger partial charge is 0.342 e. The van der Waals surface area contributed by atoms with E-state index in [2.05, 4.69) is 15.9 Å². The van der Waals surface area contributed by atoms with E-state index in [9.17, 15) is 13.6 Å². The van der Waals surface area contributed by atoms with Crippen LogP contribution in [-0.4, -0.2) is 11.1 Å². The van der Waals surface area contributed by atoms with Gasteiger partial charge in [-0.1, -0.05) is 22.0 Å². The molecule has 19 heavy (non-hydrogen) atoms. The molecular formula is C13H7BrF2O3. The molecular weight excluding hydrogens is 322 g/mol. The van der Waals surface area contributed by atoms with Crippen molar-refractivity contribution in [2.75, 3.05) is 0 Å². The number of hydrogen-bond acceptors (Lipinski definition) is 2. The van der Waals surface area contributed by atoms with Crippen molar-refractivity contribution in [1.29, 1.82) is 0 Å². The normalized spacial score (nSPS) is 10.3. The number of rotatable bonds is 3. The number of aromatic carboxylic acids is 1. The van der Waals surface area contributed by atoms with Crippen molar-refractivity contribution >= 4 is 21.9 Å². The van der Waals surface area contributed by atoms with Gasteiger partial charge in [0.25, 0.3) is 0 Å². The van der Waals surface area contributed by atoms with Crippen molar-refractivity contribution in [2.45, 2.75) is 0 Å². The average molecular weight is 329 g/mol. The molecule has 0 heterocycles. The summed E-state index contributed by atoms with van der Waals surface area (Å²) in [6, 6.07) is 7.48. The fourth-order valence-electron chi connectivity index (χ4n) is 1.47. The third-order valence-electron chi connectivity index (χ3n) is 2.30. The van der Waals surface area contributed by atoms with Crippen molar-refractivity contribution in [1.82, 2.24) is 0 Å². The first-order valence-electron chi connectivity index (χ1n) is 5.13. The van der Waals surface area contributed by atoms with Crippen LogP contribution in [0, 0.1) is 11.6 Å². The maximum Gasteiger partial charge on any atom is 0.342 e. The number of halogens is 3. The molecule has 2 rings (SSSR count). The van der Waals surface area contributed by atoms with Crippen molar-refractivity contribution in [3.05, 3.63) is 58.1 Å². The Labute approximate surface area is 115 Å². The fourth-order valence-corrected chi connectivity index (χ4v) is 1.81. The highest BCUT2D eigenvalue weighted by Gasteiger charge is 2.18. The zero-order valence-electron chi connectivity index (χ0n) is 9.36. The van der Waals surface area contributed by atoms with Crippen LogP contribution in [0.3, 0.4) is 0 Å². The van der Waals surface area contributed by atoms with Gasteiger partial charge in [0.2, 0.25) is 0 Å². The molecule has 0 fully saturated rings. The molecule has 98 valence electrons. The lowest BCUT2D eigenvalue weighted by atomic mass is 10.2. The van der Waals surface area contributed by atoms with Crippen LogP contribution in [0.1, 0.15) is 10.4 Å². The summed E-state index contributed by atoms with van der Waals surface area (Å²) in [5, 5.41) is 8.93. The van der Waals surface area contributed by atoms with Gasteiger partial charge in [-0.25, -0.2) is 13.6 Å². The third-order valence-corrected chi connectivity index (χ3v) is 2.80. The molecule has 0 aliphatic rings. The lowest BCUT2D eigenvalue weighted by Crippen LogP contribution is -2.04. The van der Waals surface area contributed by atoms with Gasteiger partial charge in [-0.05, 0) is 30.3 Å². The largest absolute Gasteiger partial charge is 0.477 e. The van der Waals surface area contributed by atoms with Gasteiger partial charge in [0, 0.05) is 4.47 Å². The van der Waals surface area contributed by atoms with Crippen LogP contribution in [0.25, 0.3) is 0 Å². The van der Waals surface area contributed by atoms with E-state index >= 15 is 0 Å². The topological polar surface area (TPSA) is 46.5 Å². The molecule has 0 spiro atoms. The van der Waals surface area contributed by atoms with Crippen LogP contribution in [0.4, 0.5) is 8.78 Å². The van der Waals surface area contributed by atoms with E-state index < -0.39 is 23.2 Å². The van der Waals surface area contributed by atoms with Crippen LogP contribution in [0.5, 0.6) is 11.5 Å². The maximum atomic E-state index is 13.5. The minimum Gasteiger partial charge on any atom is -0.477 e. The number of carbonyl (C=O) groups is 1. The molecule has 1 N–H and O–H groups in total. The Balaban J connectivity index is 2.46. The average Bonchev–Trinajstić information content (AvgIpc) is 2.33. The standard InChI is InChI=1S/C13H7BrF2O3/c14-7-4-5-8(15)11(6-7)19-10-3-1-2-9(16)12(10)13(17)18/h1-6H,(H,17,18). The lowest BCUT2D eigenvalue weighted by molar-refractivity contribution is 0.0689. The van der Waals surface area contributed by atoms with Crippen LogP contribution in [0.15, 0.2) is 40.9 Å². The number of ether oxygens (including phenoxy) is 1. The first kappa shape index (κ1) is 13.5. The number of carboxylic acid groups (broad SMARTS) is 1. The molecule has 0 aliphatic carbocycles. The van der Waals surface area contributed by atoms with E-state index in [1.54, 1.807) is 0 Å². The minimum atomic E-state index is -1.48. The molecule has 0 saturated carbocycles. The highest BCUT2D eigenvalue weighted by atomic mass is 79.9. The Kier molecular flexibility index (Phi) is 3.80. The predicted molar refractivity (Wildman–Crippen MR) is 67.5 cm³/mol. The van der Waals surface area contributed by atoms with Crippen LogP contribution >= 0.6 is 15.9 Å². The molecule has 0 unspecified atom stereocenters. The van der Waals surface area contributed by atoms with E-state index in [4.69, 9.17) is 9.84 Å². The van der Waals surface area contributed by atoms with Gasteiger partial charge in [0.15, 0.2) is 11.6 Å². The van der Waals surface area contributed by atoms with Gasteiger partial charge >= 0.3 is 5.97 Å². The molecule has 0 saturated heterocycles. The second kappa shape index (κ2) is 5.36. The molecule has 2 aromatic carbocycles. The molecule has 0 atom stereocenters. The lowest BCUT2D eigenvalue weighted by Gasteiger charge is -2.10. The monoisotopic (exact) mass is 328 g/mol. The molecule has 0 bridgehead atoms. The summed E-state index contributed by atoms with van der Waals surface area (Å²) in [7, 11) is 0. The van der Waals surface area contributed by atoms with Crippen LogP contribution in [-0.2, 0) is 0 Å². The summed E-state index contributed by atoms with van der Waals surface area (Å²) in [5.41, 5.74) is -0.637. The van der Waals surface area contributed by atoms with Crippen molar-refractivity contribution in [3.63, 3.8) is 0 Å². The Morgan fingerprint density at radius 3 is 2.53 bits per heavy atom. The number of benzene rings is 2. The Morgan fingerprint density at radius 2 is 1.84 bits per heavy atom. The Morgan fingerprint density at radius 1 is 1.11 bits per heavy atom. The van der Waals surface area contributed by atoms with Crippen molar-refractivity contribution in [2.24, 2.45) is 0 Å². The van der Waals surface area contributed by atoms with E-state index in [1.165, 1.54) is 24.3 Å². The van der Waals surface area contributed by atoms with Gasteiger partial charge in [0.05, 0.1) is 0 Å². The highest BCUT2D eigenvalue weighted by molar-refractivity contribution is 9.10. The maximum absolute atomic E-state index is 13.5.